The van der Waals surface area contributed by atoms with Crippen molar-refractivity contribution in [1.29, 1.82) is 0 Å². The highest BCUT2D eigenvalue weighted by molar-refractivity contribution is 5.76. The van der Waals surface area contributed by atoms with Gasteiger partial charge in [-0.3, -0.25) is 4.79 Å². The number of nitrogens with one attached hydrogen (secondary N) is 1. The molecule has 0 aliphatic carbocycles. The molecule has 3 heterocycles. The molecule has 0 bridgehead atoms. The van der Waals surface area contributed by atoms with Crippen molar-refractivity contribution in [3.05, 3.63) is 36.5 Å². The number of rotatable bonds is 47. The van der Waals surface area contributed by atoms with E-state index < -0.39 is 124 Å². The van der Waals surface area contributed by atoms with Gasteiger partial charge in [-0.25, -0.2) is 0 Å². The van der Waals surface area contributed by atoms with E-state index in [1.165, 1.54) is 109 Å². The first kappa shape index (κ1) is 73.3. The molecule has 3 fully saturated rings. The molecule has 19 heteroatoms. The van der Waals surface area contributed by atoms with Crippen LogP contribution >= 0.6 is 0 Å². The zero-order valence-electron chi connectivity index (χ0n) is 49.5. The third kappa shape index (κ3) is 28.8. The van der Waals surface area contributed by atoms with Gasteiger partial charge in [0.2, 0.25) is 5.91 Å². The van der Waals surface area contributed by atoms with Gasteiger partial charge < -0.3 is 89.9 Å². The van der Waals surface area contributed by atoms with Crippen LogP contribution in [0.1, 0.15) is 219 Å². The Bertz CT molecular complexity index is 1620. The Labute approximate surface area is 485 Å². The van der Waals surface area contributed by atoms with Gasteiger partial charge in [0.05, 0.1) is 38.6 Å². The van der Waals surface area contributed by atoms with Gasteiger partial charge in [-0.05, 0) is 51.4 Å². The third-order valence-electron chi connectivity index (χ3n) is 15.9. The fourth-order valence-corrected chi connectivity index (χ4v) is 10.7. The second-order valence-corrected chi connectivity index (χ2v) is 22.9. The van der Waals surface area contributed by atoms with Crippen molar-refractivity contribution in [3.8, 4) is 0 Å². The molecule has 0 aromatic rings. The zero-order chi connectivity index (χ0) is 59.0. The van der Waals surface area contributed by atoms with E-state index >= 15 is 0 Å². The first-order chi connectivity index (χ1) is 39.3. The lowest BCUT2D eigenvalue weighted by atomic mass is 9.96. The van der Waals surface area contributed by atoms with Crippen LogP contribution in [0.3, 0.4) is 0 Å². The molecular formula is C62H113NO18. The third-order valence-corrected chi connectivity index (χ3v) is 15.9. The Hall–Kier alpha value is -1.99. The van der Waals surface area contributed by atoms with Crippen molar-refractivity contribution in [3.63, 3.8) is 0 Å². The van der Waals surface area contributed by atoms with Gasteiger partial charge in [0.15, 0.2) is 18.9 Å². The molecule has 0 saturated carbocycles. The molecule has 81 heavy (non-hydrogen) atoms. The molecule has 3 aliphatic rings. The van der Waals surface area contributed by atoms with Crippen molar-refractivity contribution in [1.82, 2.24) is 5.32 Å². The first-order valence-electron chi connectivity index (χ1n) is 31.7. The minimum atomic E-state index is -1.98. The number of hydrogen-bond acceptors (Lipinski definition) is 18. The van der Waals surface area contributed by atoms with E-state index in [9.17, 15) is 61.0 Å². The molecule has 17 unspecified atom stereocenters. The minimum Gasteiger partial charge on any atom is -0.394 e. The molecule has 0 radical (unpaired) electrons. The van der Waals surface area contributed by atoms with Crippen LogP contribution in [0.2, 0.25) is 0 Å². The molecular weight excluding hydrogens is 1050 g/mol. The molecule has 19 nitrogen and oxygen atoms in total. The summed E-state index contributed by atoms with van der Waals surface area (Å²) in [6.45, 7) is 1.71. The Balaban J connectivity index is 1.50. The number of amides is 1. The van der Waals surface area contributed by atoms with Crippen LogP contribution in [0.4, 0.5) is 0 Å². The largest absolute Gasteiger partial charge is 0.394 e. The quantitative estimate of drug-likeness (QED) is 0.0229. The summed E-state index contributed by atoms with van der Waals surface area (Å²) in [7, 11) is 0. The van der Waals surface area contributed by atoms with Gasteiger partial charge in [0.1, 0.15) is 73.2 Å². The molecule has 3 aliphatic heterocycles. The van der Waals surface area contributed by atoms with Crippen LogP contribution in [0.15, 0.2) is 36.5 Å². The zero-order valence-corrected chi connectivity index (χ0v) is 49.5. The Morgan fingerprint density at radius 1 is 0.444 bits per heavy atom. The summed E-state index contributed by atoms with van der Waals surface area (Å²) in [6, 6.07) is -0.976. The summed E-state index contributed by atoms with van der Waals surface area (Å²) in [6.07, 6.45) is 22.5. The highest BCUT2D eigenvalue weighted by atomic mass is 16.8. The van der Waals surface area contributed by atoms with Gasteiger partial charge in [-0.1, -0.05) is 198 Å². The summed E-state index contributed by atoms with van der Waals surface area (Å²) >= 11 is 0. The summed E-state index contributed by atoms with van der Waals surface area (Å²) in [5.41, 5.74) is 0. The summed E-state index contributed by atoms with van der Waals surface area (Å²) in [5.74, 6) is -0.283. The standard InChI is InChI=1S/C62H113NO18/c1-3-5-7-9-11-13-15-17-19-21-23-25-27-29-31-33-35-37-39-46(67)45(63-50(68)40-38-36-34-32-30-28-26-24-22-20-18-16-14-12-10-8-6-4-2)44-76-60-56(74)53(71)58(48(42-65)78-60)81-62-57(75)54(72)59(49(43-66)79-62)80-61-55(73)52(70)51(69)47(41-64)77-61/h14,16,20,22,37,39,45-49,51-62,64-67,69-75H,3-13,15,17-19,21,23-36,38,40-44H2,1-2H3,(H,63,68)/b16-14-,22-20-,39-37+. The lowest BCUT2D eigenvalue weighted by molar-refractivity contribution is -0.379. The molecule has 17 atom stereocenters. The van der Waals surface area contributed by atoms with E-state index in [-0.39, 0.29) is 18.9 Å². The van der Waals surface area contributed by atoms with Crippen LogP contribution in [-0.2, 0) is 33.2 Å². The van der Waals surface area contributed by atoms with E-state index in [1.54, 1.807) is 6.08 Å². The SMILES string of the molecule is CCCCCC/C=C\C/C=C\CCCCCCCCCC(=O)NC(COC1OC(CO)C(OC2OC(CO)C(OC3OC(CO)C(O)C(O)C3O)C(O)C2O)C(O)C1O)C(O)/C=C/CCCCCCCCCCCCCCCCCC. The predicted octanol–water partition coefficient (Wildman–Crippen LogP) is 6.49. The number of carbonyl (C=O) groups excluding carboxylic acids is 1. The van der Waals surface area contributed by atoms with Gasteiger partial charge >= 0.3 is 0 Å². The van der Waals surface area contributed by atoms with E-state index in [0.29, 0.717) is 6.42 Å². The monoisotopic (exact) mass is 1160 g/mol. The van der Waals surface area contributed by atoms with Crippen molar-refractivity contribution >= 4 is 5.91 Å². The first-order valence-corrected chi connectivity index (χ1v) is 31.7. The number of carbonyl (C=O) groups is 1. The number of aliphatic hydroxyl groups excluding tert-OH is 11. The number of unbranched alkanes of at least 4 members (excludes halogenated alkanes) is 27. The lowest BCUT2D eigenvalue weighted by Crippen LogP contribution is -2.66. The maximum Gasteiger partial charge on any atom is 0.220 e. The average Bonchev–Trinajstić information content (AvgIpc) is 3.51. The maximum atomic E-state index is 13.3. The van der Waals surface area contributed by atoms with Crippen molar-refractivity contribution in [2.45, 2.75) is 324 Å². The fourth-order valence-electron chi connectivity index (χ4n) is 10.7. The molecule has 0 aromatic heterocycles. The molecule has 0 aromatic carbocycles. The van der Waals surface area contributed by atoms with Crippen LogP contribution in [0.5, 0.6) is 0 Å². The van der Waals surface area contributed by atoms with Gasteiger partial charge in [-0.15, -0.1) is 0 Å². The summed E-state index contributed by atoms with van der Waals surface area (Å²) in [4.78, 5) is 13.3. The summed E-state index contributed by atoms with van der Waals surface area (Å²) in [5, 5.41) is 120. The van der Waals surface area contributed by atoms with Crippen LogP contribution in [0.25, 0.3) is 0 Å². The van der Waals surface area contributed by atoms with Gasteiger partial charge in [0.25, 0.3) is 0 Å². The normalized spacial score (nSPS) is 30.0. The second kappa shape index (κ2) is 45.3. The fraction of sp³-hybridized carbons (Fsp3) is 0.887. The maximum absolute atomic E-state index is 13.3. The predicted molar refractivity (Wildman–Crippen MR) is 309 cm³/mol. The van der Waals surface area contributed by atoms with E-state index in [4.69, 9.17) is 28.4 Å². The number of allylic oxidation sites excluding steroid dienone is 5. The summed E-state index contributed by atoms with van der Waals surface area (Å²) < 4.78 is 34.3. The van der Waals surface area contributed by atoms with Crippen LogP contribution in [-0.4, -0.2) is 193 Å². The lowest BCUT2D eigenvalue weighted by Gasteiger charge is -2.48. The van der Waals surface area contributed by atoms with E-state index in [2.05, 4.69) is 43.5 Å². The van der Waals surface area contributed by atoms with E-state index in [1.807, 2.05) is 6.08 Å². The van der Waals surface area contributed by atoms with Crippen LogP contribution in [0, 0.1) is 0 Å². The highest BCUT2D eigenvalue weighted by Gasteiger charge is 2.53. The topological polar surface area (TPSA) is 307 Å². The molecule has 12 N–H and O–H groups in total. The number of hydrogen-bond donors (Lipinski definition) is 12. The smallest absolute Gasteiger partial charge is 0.220 e. The minimum absolute atomic E-state index is 0.235. The van der Waals surface area contributed by atoms with Crippen molar-refractivity contribution in [2.24, 2.45) is 0 Å². The Morgan fingerprint density at radius 2 is 0.815 bits per heavy atom. The molecule has 3 saturated heterocycles. The van der Waals surface area contributed by atoms with Crippen molar-refractivity contribution < 1.29 is 89.4 Å². The van der Waals surface area contributed by atoms with Crippen molar-refractivity contribution in [2.75, 3.05) is 26.4 Å². The Kier molecular flexibility index (Phi) is 41.0. The Morgan fingerprint density at radius 3 is 1.27 bits per heavy atom. The van der Waals surface area contributed by atoms with E-state index in [0.717, 1.165) is 83.5 Å². The molecule has 0 spiro atoms. The molecule has 3 rings (SSSR count). The number of ether oxygens (including phenoxy) is 6. The van der Waals surface area contributed by atoms with Crippen LogP contribution < -0.4 is 5.32 Å². The van der Waals surface area contributed by atoms with Gasteiger partial charge in [-0.2, -0.15) is 0 Å². The highest BCUT2D eigenvalue weighted by Crippen LogP contribution is 2.33. The molecule has 474 valence electrons. The van der Waals surface area contributed by atoms with Gasteiger partial charge in [0, 0.05) is 6.42 Å². The molecule has 1 amide bonds. The number of aliphatic hydroxyl groups is 11. The average molecular weight is 1160 g/mol. The second-order valence-electron chi connectivity index (χ2n) is 22.9.